The Morgan fingerprint density at radius 1 is 1.42 bits per heavy atom. The van der Waals surface area contributed by atoms with E-state index in [9.17, 15) is 14.0 Å². The lowest BCUT2D eigenvalue weighted by Crippen LogP contribution is -2.30. The number of esters is 1. The molecule has 1 amide bonds. The number of hydrogen-bond donors (Lipinski definition) is 1. The molecule has 24 heavy (non-hydrogen) atoms. The van der Waals surface area contributed by atoms with Gasteiger partial charge in [-0.3, -0.25) is 9.59 Å². The molecule has 128 valence electrons. The summed E-state index contributed by atoms with van der Waals surface area (Å²) < 4.78 is 18.2. The molecular weight excluding hydrogens is 373 g/mol. The van der Waals surface area contributed by atoms with Crippen molar-refractivity contribution < 1.29 is 18.7 Å². The van der Waals surface area contributed by atoms with Crippen LogP contribution in [0.5, 0.6) is 0 Å². The van der Waals surface area contributed by atoms with Crippen LogP contribution in [0.25, 0.3) is 0 Å². The van der Waals surface area contributed by atoms with E-state index >= 15 is 0 Å². The number of thiophene rings is 1. The first-order valence-corrected chi connectivity index (χ1v) is 9.42. The van der Waals surface area contributed by atoms with E-state index in [-0.39, 0.29) is 10.8 Å². The van der Waals surface area contributed by atoms with E-state index in [1.165, 1.54) is 35.7 Å². The molecule has 2 rings (SSSR count). The van der Waals surface area contributed by atoms with Gasteiger partial charge in [-0.05, 0) is 36.6 Å². The Kier molecular flexibility index (Phi) is 7.08. The van der Waals surface area contributed by atoms with Crippen molar-refractivity contribution >= 4 is 52.3 Å². The lowest BCUT2D eigenvalue weighted by atomic mass is 10.3. The number of carbonyl (C=O) groups is 2. The third-order valence-electron chi connectivity index (χ3n) is 2.91. The molecule has 1 aromatic carbocycles. The summed E-state index contributed by atoms with van der Waals surface area (Å²) in [5.41, 5.74) is 0.335. The molecule has 0 radical (unpaired) electrons. The molecule has 0 fully saturated rings. The van der Waals surface area contributed by atoms with Gasteiger partial charge in [0, 0.05) is 16.3 Å². The fourth-order valence-corrected chi connectivity index (χ4v) is 3.56. The highest BCUT2D eigenvalue weighted by atomic mass is 35.5. The average Bonchev–Trinajstić information content (AvgIpc) is 3.04. The second-order valence-electron chi connectivity index (χ2n) is 4.82. The molecule has 0 aliphatic rings. The highest BCUT2D eigenvalue weighted by Crippen LogP contribution is 2.20. The summed E-state index contributed by atoms with van der Waals surface area (Å²) in [4.78, 5) is 24.9. The molecule has 1 atom stereocenters. The maximum atomic E-state index is 13.1. The van der Waals surface area contributed by atoms with Crippen LogP contribution in [0.3, 0.4) is 0 Å². The molecule has 0 saturated carbocycles. The quantitative estimate of drug-likeness (QED) is 0.718. The van der Waals surface area contributed by atoms with Gasteiger partial charge in [-0.1, -0.05) is 17.7 Å². The van der Waals surface area contributed by atoms with Crippen LogP contribution in [-0.2, 0) is 20.1 Å². The van der Waals surface area contributed by atoms with Crippen LogP contribution >= 0.6 is 34.7 Å². The number of halogens is 2. The van der Waals surface area contributed by atoms with Gasteiger partial charge in [-0.25, -0.2) is 4.39 Å². The summed E-state index contributed by atoms with van der Waals surface area (Å²) in [6.07, 6.45) is -0.955. The largest absolute Gasteiger partial charge is 0.452 e. The molecule has 0 bridgehead atoms. The standard InChI is InChI=1S/C16H15ClFNO3S2/c1-10(16(21)19-11-4-5-14(18)13(17)7-11)22-15(20)9-23-8-12-3-2-6-24-12/h2-7,10H,8-9H2,1H3,(H,19,21)/t10-/m1/s1. The van der Waals surface area contributed by atoms with E-state index in [2.05, 4.69) is 5.32 Å². The zero-order chi connectivity index (χ0) is 17.5. The SMILES string of the molecule is C[C@@H](OC(=O)CSCc1cccs1)C(=O)Nc1ccc(F)c(Cl)c1. The van der Waals surface area contributed by atoms with Crippen LogP contribution in [-0.4, -0.2) is 23.7 Å². The molecule has 0 aliphatic heterocycles. The number of hydrogen-bond acceptors (Lipinski definition) is 5. The van der Waals surface area contributed by atoms with Crippen LogP contribution in [0.2, 0.25) is 5.02 Å². The lowest BCUT2D eigenvalue weighted by Gasteiger charge is -2.13. The van der Waals surface area contributed by atoms with Gasteiger partial charge in [0.25, 0.3) is 5.91 Å². The van der Waals surface area contributed by atoms with E-state index in [4.69, 9.17) is 16.3 Å². The number of ether oxygens (including phenoxy) is 1. The molecule has 0 unspecified atom stereocenters. The third-order valence-corrected chi connectivity index (χ3v) is 5.21. The Balaban J connectivity index is 1.75. The summed E-state index contributed by atoms with van der Waals surface area (Å²) in [6, 6.07) is 7.76. The monoisotopic (exact) mass is 387 g/mol. The van der Waals surface area contributed by atoms with Crippen molar-refractivity contribution in [2.24, 2.45) is 0 Å². The minimum atomic E-state index is -0.955. The molecular formula is C16H15ClFNO3S2. The zero-order valence-corrected chi connectivity index (χ0v) is 15.1. The molecule has 0 spiro atoms. The van der Waals surface area contributed by atoms with E-state index < -0.39 is 23.8 Å². The smallest absolute Gasteiger partial charge is 0.316 e. The lowest BCUT2D eigenvalue weighted by molar-refractivity contribution is -0.150. The van der Waals surface area contributed by atoms with Gasteiger partial charge in [0.1, 0.15) is 5.82 Å². The fraction of sp³-hybridized carbons (Fsp3) is 0.250. The predicted molar refractivity (Wildman–Crippen MR) is 96.1 cm³/mol. The van der Waals surface area contributed by atoms with Crippen molar-refractivity contribution in [2.45, 2.75) is 18.8 Å². The van der Waals surface area contributed by atoms with Gasteiger partial charge in [0.05, 0.1) is 10.8 Å². The number of rotatable bonds is 7. The molecule has 1 aromatic heterocycles. The van der Waals surface area contributed by atoms with Crippen molar-refractivity contribution in [3.8, 4) is 0 Å². The third kappa shape index (κ3) is 5.81. The molecule has 0 aliphatic carbocycles. The van der Waals surface area contributed by atoms with Crippen molar-refractivity contribution in [1.29, 1.82) is 0 Å². The number of carbonyl (C=O) groups excluding carboxylic acids is 2. The summed E-state index contributed by atoms with van der Waals surface area (Å²) >= 11 is 8.69. The van der Waals surface area contributed by atoms with Crippen molar-refractivity contribution in [3.63, 3.8) is 0 Å². The molecule has 0 saturated heterocycles. The predicted octanol–water partition coefficient (Wildman–Crippen LogP) is 4.34. The Hall–Kier alpha value is -1.57. The van der Waals surface area contributed by atoms with E-state index in [0.29, 0.717) is 5.69 Å². The summed E-state index contributed by atoms with van der Waals surface area (Å²) in [5.74, 6) is -0.651. The van der Waals surface area contributed by atoms with Crippen molar-refractivity contribution in [3.05, 3.63) is 51.4 Å². The van der Waals surface area contributed by atoms with E-state index in [1.54, 1.807) is 11.3 Å². The highest BCUT2D eigenvalue weighted by Gasteiger charge is 2.18. The summed E-state index contributed by atoms with van der Waals surface area (Å²) in [5, 5.41) is 4.40. The number of amides is 1. The number of benzene rings is 1. The molecule has 8 heteroatoms. The average molecular weight is 388 g/mol. The molecule has 1 heterocycles. The number of anilines is 1. The topological polar surface area (TPSA) is 55.4 Å². The first-order chi connectivity index (χ1) is 11.5. The van der Waals surface area contributed by atoms with Crippen molar-refractivity contribution in [1.82, 2.24) is 0 Å². The van der Waals surface area contributed by atoms with Gasteiger partial charge in [-0.15, -0.1) is 23.1 Å². The van der Waals surface area contributed by atoms with E-state index in [0.717, 1.165) is 11.8 Å². The second-order valence-corrected chi connectivity index (χ2v) is 7.25. The molecule has 2 aromatic rings. The maximum absolute atomic E-state index is 13.1. The summed E-state index contributed by atoms with van der Waals surface area (Å²) in [6.45, 7) is 1.47. The maximum Gasteiger partial charge on any atom is 0.316 e. The van der Waals surface area contributed by atoms with Gasteiger partial charge in [0.15, 0.2) is 6.10 Å². The minimum Gasteiger partial charge on any atom is -0.452 e. The van der Waals surface area contributed by atoms with Crippen LogP contribution < -0.4 is 5.32 Å². The van der Waals surface area contributed by atoms with Crippen LogP contribution in [0.1, 0.15) is 11.8 Å². The van der Waals surface area contributed by atoms with Gasteiger partial charge in [-0.2, -0.15) is 0 Å². The Bertz CT molecular complexity index is 709. The Morgan fingerprint density at radius 2 is 2.21 bits per heavy atom. The minimum absolute atomic E-state index is 0.0950. The van der Waals surface area contributed by atoms with Crippen molar-refractivity contribution in [2.75, 3.05) is 11.1 Å². The van der Waals surface area contributed by atoms with Crippen LogP contribution in [0, 0.1) is 5.82 Å². The van der Waals surface area contributed by atoms with Gasteiger partial charge in [0.2, 0.25) is 0 Å². The van der Waals surface area contributed by atoms with E-state index in [1.807, 2.05) is 17.5 Å². The molecule has 1 N–H and O–H groups in total. The molecule has 4 nitrogen and oxygen atoms in total. The Morgan fingerprint density at radius 3 is 2.88 bits per heavy atom. The second kappa shape index (κ2) is 9.05. The normalized spacial score (nSPS) is 11.8. The summed E-state index contributed by atoms with van der Waals surface area (Å²) in [7, 11) is 0. The Labute approximate surface area is 152 Å². The van der Waals surface area contributed by atoms with Crippen LogP contribution in [0.4, 0.5) is 10.1 Å². The first kappa shape index (κ1) is 18.8. The van der Waals surface area contributed by atoms with Crippen LogP contribution in [0.15, 0.2) is 35.7 Å². The number of nitrogens with one attached hydrogen (secondary N) is 1. The first-order valence-electron chi connectivity index (χ1n) is 7.01. The van der Waals surface area contributed by atoms with Gasteiger partial charge >= 0.3 is 5.97 Å². The fourth-order valence-electron chi connectivity index (χ4n) is 1.73. The highest BCUT2D eigenvalue weighted by molar-refractivity contribution is 7.99. The zero-order valence-electron chi connectivity index (χ0n) is 12.8. The number of thioether (sulfide) groups is 1. The van der Waals surface area contributed by atoms with Gasteiger partial charge < -0.3 is 10.1 Å².